The van der Waals surface area contributed by atoms with Crippen LogP contribution in [0.25, 0.3) is 10.9 Å². The maximum atomic E-state index is 14.7. The molecule has 0 saturated heterocycles. The first-order chi connectivity index (χ1) is 31.4. The first-order valence-corrected chi connectivity index (χ1v) is 21.0. The van der Waals surface area contributed by atoms with Crippen molar-refractivity contribution in [2.45, 2.75) is 69.2 Å². The monoisotopic (exact) mass is 881 g/mol. The third-order valence-electron chi connectivity index (χ3n) is 10.6. The first kappa shape index (κ1) is 46.4. The summed E-state index contributed by atoms with van der Waals surface area (Å²) >= 11 is 0. The average molecular weight is 882 g/mol. The Morgan fingerprint density at radius 2 is 0.954 bits per heavy atom. The normalized spacial score (nSPS) is 13.2. The molecule has 0 aliphatic carbocycles. The van der Waals surface area contributed by atoms with Crippen LogP contribution in [0.3, 0.4) is 0 Å². The summed E-state index contributed by atoms with van der Waals surface area (Å²) in [5.74, 6) is -5.34. The molecule has 5 atom stereocenters. The molecule has 0 spiro atoms. The van der Waals surface area contributed by atoms with Crippen molar-refractivity contribution in [2.75, 3.05) is 6.54 Å². The van der Waals surface area contributed by atoms with Crippen molar-refractivity contribution in [3.05, 3.63) is 162 Å². The van der Waals surface area contributed by atoms with Crippen molar-refractivity contribution >= 4 is 52.3 Å². The van der Waals surface area contributed by atoms with Gasteiger partial charge in [0.25, 0.3) is 0 Å². The number of aliphatic carboxylic acids is 1. The third-order valence-corrected chi connectivity index (χ3v) is 10.6. The van der Waals surface area contributed by atoms with Crippen LogP contribution in [0.15, 0.2) is 134 Å². The Labute approximate surface area is 374 Å². The van der Waals surface area contributed by atoms with E-state index < -0.39 is 78.2 Å². The Balaban J connectivity index is 1.30. The van der Waals surface area contributed by atoms with Crippen molar-refractivity contribution in [1.29, 1.82) is 0 Å². The summed E-state index contributed by atoms with van der Waals surface area (Å²) in [4.78, 5) is 105. The number of hydrogen-bond donors (Lipinski definition) is 9. The lowest BCUT2D eigenvalue weighted by Crippen LogP contribution is -2.60. The molecule has 4 aromatic carbocycles. The number of H-pyrrole nitrogens is 2. The Bertz CT molecular complexity index is 2550. The van der Waals surface area contributed by atoms with E-state index in [1.54, 1.807) is 60.8 Å². The molecule has 0 radical (unpaired) electrons. The van der Waals surface area contributed by atoms with E-state index in [0.29, 0.717) is 22.4 Å². The van der Waals surface area contributed by atoms with Crippen LogP contribution in [0, 0.1) is 0 Å². The number of carbonyl (C=O) groups is 7. The smallest absolute Gasteiger partial charge is 0.322 e. The molecule has 0 aliphatic rings. The van der Waals surface area contributed by atoms with E-state index in [1.807, 2.05) is 60.7 Å². The predicted molar refractivity (Wildman–Crippen MR) is 241 cm³/mol. The Kier molecular flexibility index (Phi) is 16.3. The van der Waals surface area contributed by atoms with Crippen molar-refractivity contribution in [3.8, 4) is 0 Å². The topological polar surface area (TPSA) is 256 Å². The second-order valence-corrected chi connectivity index (χ2v) is 15.5. The number of imidazole rings is 1. The molecule has 0 aliphatic heterocycles. The zero-order valence-corrected chi connectivity index (χ0v) is 35.6. The predicted octanol–water partition coefficient (Wildman–Crippen LogP) is 2.05. The Hall–Kier alpha value is -8.08. The average Bonchev–Trinajstić information content (AvgIpc) is 3.98. The lowest BCUT2D eigenvalue weighted by Gasteiger charge is -2.27. The molecule has 0 bridgehead atoms. The largest absolute Gasteiger partial charge is 0.480 e. The number of benzene rings is 4. The van der Waals surface area contributed by atoms with Crippen molar-refractivity contribution < 1.29 is 38.7 Å². The van der Waals surface area contributed by atoms with Crippen LogP contribution < -0.4 is 31.9 Å². The summed E-state index contributed by atoms with van der Waals surface area (Å²) in [5.41, 5.74) is 4.03. The summed E-state index contributed by atoms with van der Waals surface area (Å²) < 4.78 is 0. The summed E-state index contributed by atoms with van der Waals surface area (Å²) in [6.07, 6.45) is 4.64. The van der Waals surface area contributed by atoms with E-state index >= 15 is 0 Å². The van der Waals surface area contributed by atoms with Crippen molar-refractivity contribution in [1.82, 2.24) is 46.9 Å². The first-order valence-electron chi connectivity index (χ1n) is 21.0. The molecule has 17 nitrogen and oxygen atoms in total. The van der Waals surface area contributed by atoms with Gasteiger partial charge in [-0.2, -0.15) is 0 Å². The van der Waals surface area contributed by atoms with Gasteiger partial charge in [-0.25, -0.2) is 4.98 Å². The lowest BCUT2D eigenvalue weighted by molar-refractivity contribution is -0.138. The fourth-order valence-electron chi connectivity index (χ4n) is 7.35. The van der Waals surface area contributed by atoms with Crippen LogP contribution in [0.1, 0.15) is 34.9 Å². The maximum absolute atomic E-state index is 14.7. The molecular weight excluding hydrogens is 831 g/mol. The highest BCUT2D eigenvalue weighted by Crippen LogP contribution is 2.20. The SMILES string of the molecule is CC(=O)N[C@@H](Cc1ccccc1)C(=O)N[C@@H](Cc1ccccc1)C(=O)N[C@@H](Cc1c[nH]c2ccccc12)C(=O)N[C@@H](Cc1ccccc1)C(=O)N[C@@H](Cc1c[nH]cn1)C(=O)NCC(=O)O. The number of aromatic nitrogens is 3. The molecule has 336 valence electrons. The van der Waals surface area contributed by atoms with E-state index in [4.69, 9.17) is 0 Å². The number of para-hydroxylation sites is 1. The molecule has 65 heavy (non-hydrogen) atoms. The van der Waals surface area contributed by atoms with Crippen LogP contribution >= 0.6 is 0 Å². The molecule has 6 rings (SSSR count). The Morgan fingerprint density at radius 3 is 1.40 bits per heavy atom. The van der Waals surface area contributed by atoms with Gasteiger partial charge in [0, 0.05) is 62.3 Å². The minimum absolute atomic E-state index is 0.0261. The van der Waals surface area contributed by atoms with Gasteiger partial charge < -0.3 is 47.0 Å². The zero-order chi connectivity index (χ0) is 46.1. The highest BCUT2D eigenvalue weighted by atomic mass is 16.4. The number of carboxylic acid groups (broad SMARTS) is 1. The summed E-state index contributed by atoms with van der Waals surface area (Å²) in [6.45, 7) is 0.601. The van der Waals surface area contributed by atoms with Gasteiger partial charge in [-0.1, -0.05) is 109 Å². The zero-order valence-electron chi connectivity index (χ0n) is 35.6. The van der Waals surface area contributed by atoms with Gasteiger partial charge in [-0.15, -0.1) is 0 Å². The minimum Gasteiger partial charge on any atom is -0.480 e. The van der Waals surface area contributed by atoms with Gasteiger partial charge >= 0.3 is 5.97 Å². The molecule has 2 aromatic heterocycles. The van der Waals surface area contributed by atoms with Gasteiger partial charge in [0.05, 0.1) is 12.0 Å². The number of carbonyl (C=O) groups excluding carboxylic acids is 6. The van der Waals surface area contributed by atoms with Crippen LogP contribution in [-0.2, 0) is 65.7 Å². The van der Waals surface area contributed by atoms with Gasteiger partial charge in [-0.3, -0.25) is 33.6 Å². The third kappa shape index (κ3) is 14.0. The second-order valence-electron chi connectivity index (χ2n) is 15.5. The van der Waals surface area contributed by atoms with Gasteiger partial charge in [-0.05, 0) is 28.3 Å². The molecule has 6 aromatic rings. The Morgan fingerprint density at radius 1 is 0.523 bits per heavy atom. The van der Waals surface area contributed by atoms with Gasteiger partial charge in [0.1, 0.15) is 36.8 Å². The van der Waals surface area contributed by atoms with Gasteiger partial charge in [0.15, 0.2) is 0 Å². The highest BCUT2D eigenvalue weighted by Gasteiger charge is 2.34. The van der Waals surface area contributed by atoms with E-state index in [9.17, 15) is 38.7 Å². The van der Waals surface area contributed by atoms with Crippen LogP contribution in [0.4, 0.5) is 0 Å². The number of fused-ring (bicyclic) bond motifs is 1. The number of amides is 6. The number of carboxylic acids is 1. The number of nitrogens with one attached hydrogen (secondary N) is 8. The molecule has 17 heteroatoms. The quantitative estimate of drug-likeness (QED) is 0.0483. The number of rotatable bonds is 22. The minimum atomic E-state index is -1.32. The molecule has 0 saturated carbocycles. The maximum Gasteiger partial charge on any atom is 0.322 e. The molecule has 0 unspecified atom stereocenters. The molecule has 2 heterocycles. The van der Waals surface area contributed by atoms with Crippen LogP contribution in [0.2, 0.25) is 0 Å². The van der Waals surface area contributed by atoms with E-state index in [2.05, 4.69) is 46.9 Å². The van der Waals surface area contributed by atoms with E-state index in [1.165, 1.54) is 19.4 Å². The molecular formula is C48H51N9O8. The van der Waals surface area contributed by atoms with E-state index in [-0.39, 0.29) is 32.1 Å². The summed E-state index contributed by atoms with van der Waals surface area (Å²) in [6, 6.07) is 28.2. The van der Waals surface area contributed by atoms with Crippen LogP contribution in [0.5, 0.6) is 0 Å². The van der Waals surface area contributed by atoms with Crippen LogP contribution in [-0.4, -0.2) is 98.2 Å². The fraction of sp³-hybridized carbons (Fsp3) is 0.250. The van der Waals surface area contributed by atoms with Crippen molar-refractivity contribution in [3.63, 3.8) is 0 Å². The molecule has 9 N–H and O–H groups in total. The fourth-order valence-corrected chi connectivity index (χ4v) is 7.35. The number of nitrogens with zero attached hydrogens (tertiary/aromatic N) is 1. The van der Waals surface area contributed by atoms with Crippen molar-refractivity contribution in [2.24, 2.45) is 0 Å². The molecule has 6 amide bonds. The number of hydrogen-bond acceptors (Lipinski definition) is 8. The standard InChI is InChI=1S/C48H51N9O8/c1-30(58)53-38(21-31-13-5-2-6-14-31)45(62)54-39(22-32-15-7-3-8-16-32)46(63)56-41(24-34-26-50-37-20-12-11-19-36(34)37)48(65)55-40(23-33-17-9-4-10-18-33)47(64)57-42(25-35-27-49-29-52-35)44(61)51-28-43(59)60/h2-20,26-27,29,38-42,50H,21-25,28H2,1H3,(H,49,52)(H,51,61)(H,53,58)(H,54,62)(H,55,65)(H,56,63)(H,57,64)(H,59,60)/t38-,39-,40-,41-,42-/m0/s1. The summed E-state index contributed by atoms with van der Waals surface area (Å²) in [7, 11) is 0. The van der Waals surface area contributed by atoms with Gasteiger partial charge in [0.2, 0.25) is 35.4 Å². The second kappa shape index (κ2) is 22.8. The highest BCUT2D eigenvalue weighted by molar-refractivity contribution is 5.97. The number of aromatic amines is 2. The summed E-state index contributed by atoms with van der Waals surface area (Å²) in [5, 5.41) is 26.2. The van der Waals surface area contributed by atoms with E-state index in [0.717, 1.165) is 16.5 Å². The molecule has 0 fully saturated rings. The lowest BCUT2D eigenvalue weighted by atomic mass is 10.00.